The van der Waals surface area contributed by atoms with Gasteiger partial charge < -0.3 is 9.94 Å². The van der Waals surface area contributed by atoms with Crippen LogP contribution in [0.3, 0.4) is 0 Å². The van der Waals surface area contributed by atoms with Crippen LogP contribution in [-0.4, -0.2) is 15.8 Å². The minimum absolute atomic E-state index is 0.203. The van der Waals surface area contributed by atoms with E-state index in [0.29, 0.717) is 12.2 Å². The Balaban J connectivity index is 1.55. The van der Waals surface area contributed by atoms with E-state index >= 15 is 0 Å². The summed E-state index contributed by atoms with van der Waals surface area (Å²) in [4.78, 5) is 30.6. The quantitative estimate of drug-likeness (QED) is 0.541. The molecule has 5 heteroatoms. The largest absolute Gasteiger partial charge is 0.478 e. The van der Waals surface area contributed by atoms with Gasteiger partial charge in [-0.1, -0.05) is 55.8 Å². The second-order valence-electron chi connectivity index (χ2n) is 8.37. The molecular formula is C27H29NO4. The molecule has 0 fully saturated rings. The van der Waals surface area contributed by atoms with Crippen molar-refractivity contribution in [2.24, 2.45) is 0 Å². The van der Waals surface area contributed by atoms with E-state index in [0.717, 1.165) is 72.9 Å². The van der Waals surface area contributed by atoms with Gasteiger partial charge in [0.1, 0.15) is 6.61 Å². The van der Waals surface area contributed by atoms with Crippen molar-refractivity contribution in [1.29, 1.82) is 0 Å². The lowest BCUT2D eigenvalue weighted by Crippen LogP contribution is -2.28. The van der Waals surface area contributed by atoms with E-state index in [1.54, 1.807) is 12.1 Å². The van der Waals surface area contributed by atoms with Crippen LogP contribution in [0.5, 0.6) is 0 Å². The van der Waals surface area contributed by atoms with Gasteiger partial charge in [-0.2, -0.15) is 4.73 Å². The third kappa shape index (κ3) is 4.62. The van der Waals surface area contributed by atoms with Crippen LogP contribution in [0.4, 0.5) is 0 Å². The number of aromatic carboxylic acids is 1. The van der Waals surface area contributed by atoms with Gasteiger partial charge in [0.25, 0.3) is 0 Å². The molecule has 0 amide bonds. The van der Waals surface area contributed by atoms with Crippen LogP contribution < -0.4 is 10.3 Å². The Morgan fingerprint density at radius 1 is 1.06 bits per heavy atom. The number of fused-ring (bicyclic) bond motifs is 1. The molecule has 5 nitrogen and oxygen atoms in total. The first-order valence-electron chi connectivity index (χ1n) is 11.4. The number of carboxylic acids is 1. The van der Waals surface area contributed by atoms with Crippen molar-refractivity contribution >= 4 is 5.97 Å². The number of benzene rings is 2. The van der Waals surface area contributed by atoms with Gasteiger partial charge in [-0.3, -0.25) is 4.79 Å². The molecule has 1 heterocycles. The third-order valence-electron chi connectivity index (χ3n) is 6.14. The van der Waals surface area contributed by atoms with E-state index in [1.807, 2.05) is 47.3 Å². The minimum atomic E-state index is -0.935. The van der Waals surface area contributed by atoms with Crippen molar-refractivity contribution < 1.29 is 14.7 Å². The smallest absolute Gasteiger partial charge is 0.336 e. The maximum Gasteiger partial charge on any atom is 0.336 e. The summed E-state index contributed by atoms with van der Waals surface area (Å²) in [5.74, 6) is -0.935. The Labute approximate surface area is 188 Å². The second kappa shape index (κ2) is 9.86. The molecule has 0 bridgehead atoms. The summed E-state index contributed by atoms with van der Waals surface area (Å²) in [7, 11) is 0. The first-order valence-corrected chi connectivity index (χ1v) is 11.4. The fourth-order valence-corrected chi connectivity index (χ4v) is 4.36. The molecule has 3 aromatic rings. The van der Waals surface area contributed by atoms with Crippen molar-refractivity contribution in [3.05, 3.63) is 92.9 Å². The number of aromatic nitrogens is 1. The third-order valence-corrected chi connectivity index (χ3v) is 6.14. The summed E-state index contributed by atoms with van der Waals surface area (Å²) >= 11 is 0. The second-order valence-corrected chi connectivity index (χ2v) is 8.37. The molecule has 0 saturated heterocycles. The molecule has 32 heavy (non-hydrogen) atoms. The lowest BCUT2D eigenvalue weighted by molar-refractivity contribution is 0.0697. The number of hydrogen-bond acceptors (Lipinski definition) is 3. The standard InChI is InChI=1S/C27H29NO4/c1-2-3-8-21-17-28(25-12-7-6-11-24(25)26(21)29)32-18-19-13-15-20(16-14-19)22-9-4-5-10-23(22)27(30)31/h4-5,9-10,13-17H,2-3,6-8,11-12,18H2,1H3,(H,30,31). The number of aryl methyl sites for hydroxylation is 1. The van der Waals surface area contributed by atoms with Gasteiger partial charge in [-0.25, -0.2) is 4.79 Å². The van der Waals surface area contributed by atoms with E-state index in [2.05, 4.69) is 6.92 Å². The zero-order valence-corrected chi connectivity index (χ0v) is 18.5. The molecule has 1 aliphatic rings. The van der Waals surface area contributed by atoms with Gasteiger partial charge in [0.05, 0.1) is 17.5 Å². The van der Waals surface area contributed by atoms with E-state index < -0.39 is 5.97 Å². The Morgan fingerprint density at radius 2 is 1.81 bits per heavy atom. The van der Waals surface area contributed by atoms with Crippen LogP contribution >= 0.6 is 0 Å². The normalized spacial score (nSPS) is 12.9. The minimum Gasteiger partial charge on any atom is -0.478 e. The summed E-state index contributed by atoms with van der Waals surface area (Å²) in [5.41, 5.74) is 5.80. The topological polar surface area (TPSA) is 68.5 Å². The summed E-state index contributed by atoms with van der Waals surface area (Å²) in [6, 6.07) is 14.8. The molecule has 0 unspecified atom stereocenters. The fraction of sp³-hybridized carbons (Fsp3) is 0.333. The lowest BCUT2D eigenvalue weighted by atomic mass is 9.93. The summed E-state index contributed by atoms with van der Waals surface area (Å²) in [6.07, 6.45) is 8.53. The van der Waals surface area contributed by atoms with Gasteiger partial charge in [0.2, 0.25) is 0 Å². The van der Waals surface area contributed by atoms with Crippen LogP contribution in [0.25, 0.3) is 11.1 Å². The van der Waals surface area contributed by atoms with Crippen molar-refractivity contribution in [3.8, 4) is 11.1 Å². The monoisotopic (exact) mass is 431 g/mol. The van der Waals surface area contributed by atoms with Crippen LogP contribution in [0, 0.1) is 0 Å². The van der Waals surface area contributed by atoms with Gasteiger partial charge >= 0.3 is 5.97 Å². The van der Waals surface area contributed by atoms with E-state index in [-0.39, 0.29) is 11.0 Å². The molecule has 166 valence electrons. The Hall–Kier alpha value is -3.34. The highest BCUT2D eigenvalue weighted by Crippen LogP contribution is 2.24. The number of hydrogen-bond donors (Lipinski definition) is 1. The Morgan fingerprint density at radius 3 is 2.56 bits per heavy atom. The predicted molar refractivity (Wildman–Crippen MR) is 125 cm³/mol. The highest BCUT2D eigenvalue weighted by atomic mass is 16.7. The van der Waals surface area contributed by atoms with E-state index in [9.17, 15) is 14.7 Å². The molecule has 0 spiro atoms. The maximum absolute atomic E-state index is 12.9. The first kappa shape index (κ1) is 21.9. The number of nitrogens with zero attached hydrogens (tertiary/aromatic N) is 1. The van der Waals surface area contributed by atoms with Gasteiger partial charge in [-0.05, 0) is 61.3 Å². The van der Waals surface area contributed by atoms with Crippen LogP contribution in [0.15, 0.2) is 59.5 Å². The molecule has 2 aromatic carbocycles. The zero-order valence-electron chi connectivity index (χ0n) is 18.5. The molecule has 0 radical (unpaired) electrons. The Bertz CT molecular complexity index is 1160. The number of rotatable bonds is 8. The molecule has 4 rings (SSSR count). The van der Waals surface area contributed by atoms with Crippen molar-refractivity contribution in [3.63, 3.8) is 0 Å². The predicted octanol–water partition coefficient (Wildman–Crippen LogP) is 5.06. The molecule has 1 aliphatic carbocycles. The highest BCUT2D eigenvalue weighted by molar-refractivity contribution is 5.95. The number of pyridine rings is 1. The van der Waals surface area contributed by atoms with E-state index in [1.165, 1.54) is 0 Å². The van der Waals surface area contributed by atoms with Crippen LogP contribution in [-0.2, 0) is 25.9 Å². The fourth-order valence-electron chi connectivity index (χ4n) is 4.36. The lowest BCUT2D eigenvalue weighted by Gasteiger charge is -2.22. The molecule has 0 saturated carbocycles. The maximum atomic E-state index is 12.9. The summed E-state index contributed by atoms with van der Waals surface area (Å²) in [5, 5.41) is 9.44. The molecule has 0 atom stereocenters. The Kier molecular flexibility index (Phi) is 6.74. The SMILES string of the molecule is CCCCc1cn(OCc2ccc(-c3ccccc3C(=O)O)cc2)c2c(c1=O)CCCC2. The van der Waals surface area contributed by atoms with E-state index in [4.69, 9.17) is 4.84 Å². The van der Waals surface area contributed by atoms with Crippen molar-refractivity contribution in [2.45, 2.75) is 58.5 Å². The van der Waals surface area contributed by atoms with Crippen molar-refractivity contribution in [2.75, 3.05) is 0 Å². The number of carbonyl (C=O) groups is 1. The molecule has 1 aromatic heterocycles. The molecule has 0 aliphatic heterocycles. The first-order chi connectivity index (χ1) is 15.6. The van der Waals surface area contributed by atoms with Crippen molar-refractivity contribution in [1.82, 2.24) is 4.73 Å². The van der Waals surface area contributed by atoms with Gasteiger partial charge in [-0.15, -0.1) is 0 Å². The number of carboxylic acid groups (broad SMARTS) is 1. The molecule has 1 N–H and O–H groups in total. The highest BCUT2D eigenvalue weighted by Gasteiger charge is 2.19. The summed E-state index contributed by atoms with van der Waals surface area (Å²) < 4.78 is 1.83. The average Bonchev–Trinajstić information content (AvgIpc) is 2.83. The zero-order chi connectivity index (χ0) is 22.5. The number of unbranched alkanes of at least 4 members (excludes halogenated alkanes) is 1. The van der Waals surface area contributed by atoms with Crippen LogP contribution in [0.1, 0.15) is 65.3 Å². The van der Waals surface area contributed by atoms with Gasteiger partial charge in [0.15, 0.2) is 5.43 Å². The molecular weight excluding hydrogens is 402 g/mol. The summed E-state index contributed by atoms with van der Waals surface area (Å²) in [6.45, 7) is 2.51. The average molecular weight is 432 g/mol. The van der Waals surface area contributed by atoms with Crippen LogP contribution in [0.2, 0.25) is 0 Å². The van der Waals surface area contributed by atoms with Gasteiger partial charge in [0, 0.05) is 11.1 Å².